The number of aliphatic hydroxyl groups is 1. The van der Waals surface area contributed by atoms with Crippen LogP contribution in [0.1, 0.15) is 29.5 Å². The van der Waals surface area contributed by atoms with Gasteiger partial charge in [-0.2, -0.15) is 13.2 Å². The van der Waals surface area contributed by atoms with E-state index in [0.29, 0.717) is 48.0 Å². The monoisotopic (exact) mass is 513 g/mol. The molecule has 37 heavy (non-hydrogen) atoms. The zero-order valence-corrected chi connectivity index (χ0v) is 21.1. The summed E-state index contributed by atoms with van der Waals surface area (Å²) in [6.07, 6.45) is -2.04. The highest BCUT2D eigenvalue weighted by Gasteiger charge is 2.36. The Hall–Kier alpha value is -3.39. The summed E-state index contributed by atoms with van der Waals surface area (Å²) in [5, 5.41) is 10.0. The third-order valence-electron chi connectivity index (χ3n) is 7.34. The quantitative estimate of drug-likeness (QED) is 0.430. The summed E-state index contributed by atoms with van der Waals surface area (Å²) in [6, 6.07) is 11.5. The lowest BCUT2D eigenvalue weighted by atomic mass is 9.88. The van der Waals surface area contributed by atoms with Crippen molar-refractivity contribution in [3.8, 4) is 39.5 Å². The molecule has 1 atom stereocenters. The van der Waals surface area contributed by atoms with Gasteiger partial charge in [0.15, 0.2) is 0 Å². The molecular weight excluding hydrogens is 483 g/mol. The number of hydrogen-bond acceptors (Lipinski definition) is 5. The van der Waals surface area contributed by atoms with Crippen molar-refractivity contribution in [1.29, 1.82) is 0 Å². The lowest BCUT2D eigenvalue weighted by Crippen LogP contribution is -2.21. The van der Waals surface area contributed by atoms with Gasteiger partial charge in [-0.05, 0) is 89.9 Å². The Kier molecular flexibility index (Phi) is 6.70. The van der Waals surface area contributed by atoms with Crippen LogP contribution < -0.4 is 19.1 Å². The average molecular weight is 514 g/mol. The first-order valence-electron chi connectivity index (χ1n) is 12.3. The molecular formula is C29H30F3NO4. The van der Waals surface area contributed by atoms with Crippen LogP contribution in [-0.4, -0.2) is 45.6 Å². The summed E-state index contributed by atoms with van der Waals surface area (Å²) >= 11 is 0. The maximum atomic E-state index is 14.3. The average Bonchev–Trinajstić information content (AvgIpc) is 3.56. The molecule has 0 unspecified atom stereocenters. The molecule has 2 aliphatic rings. The molecule has 3 aromatic rings. The normalized spacial score (nSPS) is 17.2. The minimum absolute atomic E-state index is 0.0639. The molecule has 0 bridgehead atoms. The Morgan fingerprint density at radius 2 is 1.54 bits per heavy atom. The van der Waals surface area contributed by atoms with Gasteiger partial charge in [0.25, 0.3) is 0 Å². The topological polar surface area (TPSA) is 51.2 Å². The summed E-state index contributed by atoms with van der Waals surface area (Å²) in [5.41, 5.74) is 4.05. The van der Waals surface area contributed by atoms with E-state index in [1.165, 1.54) is 13.2 Å². The number of aliphatic hydroxyl groups excluding tert-OH is 1. The van der Waals surface area contributed by atoms with Crippen molar-refractivity contribution in [2.24, 2.45) is 0 Å². The predicted molar refractivity (Wildman–Crippen MR) is 137 cm³/mol. The Balaban J connectivity index is 1.77. The molecule has 1 N–H and O–H groups in total. The van der Waals surface area contributed by atoms with Crippen molar-refractivity contribution >= 4 is 5.69 Å². The van der Waals surface area contributed by atoms with Crippen molar-refractivity contribution in [3.05, 3.63) is 59.2 Å². The van der Waals surface area contributed by atoms with Crippen LogP contribution >= 0.6 is 0 Å². The van der Waals surface area contributed by atoms with Gasteiger partial charge >= 0.3 is 6.18 Å². The van der Waals surface area contributed by atoms with E-state index in [1.807, 2.05) is 23.1 Å². The van der Waals surface area contributed by atoms with Crippen molar-refractivity contribution in [3.63, 3.8) is 0 Å². The largest absolute Gasteiger partial charge is 0.497 e. The number of rotatable bonds is 6. The lowest BCUT2D eigenvalue weighted by Gasteiger charge is -2.24. The van der Waals surface area contributed by atoms with Crippen LogP contribution in [0, 0.1) is 0 Å². The Labute approximate surface area is 214 Å². The molecule has 1 aliphatic carbocycles. The summed E-state index contributed by atoms with van der Waals surface area (Å²) in [4.78, 5) is 1.92. The number of halogens is 3. The van der Waals surface area contributed by atoms with Crippen LogP contribution in [0.3, 0.4) is 0 Å². The van der Waals surface area contributed by atoms with Crippen LogP contribution in [0.2, 0.25) is 0 Å². The third-order valence-corrected chi connectivity index (χ3v) is 7.34. The van der Waals surface area contributed by atoms with Crippen molar-refractivity contribution in [2.75, 3.05) is 39.3 Å². The van der Waals surface area contributed by atoms with Crippen LogP contribution in [0.4, 0.5) is 18.9 Å². The first-order valence-corrected chi connectivity index (χ1v) is 12.3. The first kappa shape index (κ1) is 25.3. The van der Waals surface area contributed by atoms with Gasteiger partial charge < -0.3 is 24.2 Å². The molecule has 0 amide bonds. The second kappa shape index (κ2) is 9.82. The molecule has 0 radical (unpaired) electrons. The number of anilines is 1. The van der Waals surface area contributed by atoms with Crippen molar-refractivity contribution in [2.45, 2.75) is 38.0 Å². The molecule has 1 heterocycles. The second-order valence-corrected chi connectivity index (χ2v) is 9.53. The molecule has 1 saturated heterocycles. The molecule has 5 nitrogen and oxygen atoms in total. The van der Waals surface area contributed by atoms with Crippen LogP contribution in [0.25, 0.3) is 22.3 Å². The summed E-state index contributed by atoms with van der Waals surface area (Å²) < 4.78 is 59.7. The van der Waals surface area contributed by atoms with E-state index >= 15 is 0 Å². The van der Waals surface area contributed by atoms with Gasteiger partial charge in [-0.3, -0.25) is 0 Å². The highest BCUT2D eigenvalue weighted by molar-refractivity contribution is 5.86. The third kappa shape index (κ3) is 4.70. The lowest BCUT2D eigenvalue weighted by molar-refractivity contribution is -0.137. The van der Waals surface area contributed by atoms with Gasteiger partial charge in [0.1, 0.15) is 17.2 Å². The van der Waals surface area contributed by atoms with E-state index in [2.05, 4.69) is 0 Å². The number of methoxy groups -OCH3 is 3. The van der Waals surface area contributed by atoms with Gasteiger partial charge in [0.05, 0.1) is 33.0 Å². The van der Waals surface area contributed by atoms with Crippen molar-refractivity contribution in [1.82, 2.24) is 0 Å². The first-order chi connectivity index (χ1) is 17.7. The molecule has 1 aliphatic heterocycles. The van der Waals surface area contributed by atoms with E-state index in [1.54, 1.807) is 26.4 Å². The number of nitrogens with zero attached hydrogens (tertiary/aromatic N) is 1. The molecule has 5 rings (SSSR count). The van der Waals surface area contributed by atoms with Gasteiger partial charge in [0.2, 0.25) is 0 Å². The van der Waals surface area contributed by atoms with Crippen molar-refractivity contribution < 1.29 is 32.5 Å². The Morgan fingerprint density at radius 1 is 0.838 bits per heavy atom. The number of fused-ring (bicyclic) bond motifs is 1. The van der Waals surface area contributed by atoms with E-state index in [4.69, 9.17) is 14.2 Å². The molecule has 8 heteroatoms. The maximum Gasteiger partial charge on any atom is 0.417 e. The van der Waals surface area contributed by atoms with Gasteiger partial charge in [-0.1, -0.05) is 0 Å². The van der Waals surface area contributed by atoms with E-state index in [9.17, 15) is 18.3 Å². The molecule has 0 aromatic heterocycles. The highest BCUT2D eigenvalue weighted by Crippen LogP contribution is 2.49. The molecule has 0 saturated carbocycles. The second-order valence-electron chi connectivity index (χ2n) is 9.53. The SMILES string of the molecule is COc1cc(OC)cc(-c2cc(-c3cc(N4CC[C@H](O)C4)ccc3C(F)(F)F)c(OC)c3c2CCC3)c1. The van der Waals surface area contributed by atoms with Crippen LogP contribution in [-0.2, 0) is 19.0 Å². The number of β-amino-alcohol motifs (C(OH)–C–C–N with tert-alkyl or cyclic N) is 1. The Bertz CT molecular complexity index is 1300. The fraction of sp³-hybridized carbons (Fsp3) is 0.379. The van der Waals surface area contributed by atoms with Gasteiger partial charge in [0, 0.05) is 30.4 Å². The van der Waals surface area contributed by atoms with Gasteiger partial charge in [-0.15, -0.1) is 0 Å². The van der Waals surface area contributed by atoms with E-state index < -0.39 is 17.8 Å². The molecule has 0 spiro atoms. The predicted octanol–water partition coefficient (Wildman–Crippen LogP) is 6.12. The maximum absolute atomic E-state index is 14.3. The number of ether oxygens (including phenoxy) is 3. The van der Waals surface area contributed by atoms with Crippen LogP contribution in [0.5, 0.6) is 17.2 Å². The zero-order valence-electron chi connectivity index (χ0n) is 21.1. The van der Waals surface area contributed by atoms with Gasteiger partial charge in [-0.25, -0.2) is 0 Å². The molecule has 196 valence electrons. The smallest absolute Gasteiger partial charge is 0.417 e. The zero-order chi connectivity index (χ0) is 26.3. The number of alkyl halides is 3. The fourth-order valence-electron chi connectivity index (χ4n) is 5.58. The fourth-order valence-corrected chi connectivity index (χ4v) is 5.58. The van der Waals surface area contributed by atoms with Crippen LogP contribution in [0.15, 0.2) is 42.5 Å². The molecule has 3 aromatic carbocycles. The van der Waals surface area contributed by atoms with E-state index in [0.717, 1.165) is 47.6 Å². The van der Waals surface area contributed by atoms with E-state index in [-0.39, 0.29) is 5.56 Å². The standard InChI is InChI=1S/C29H30F3NO4/c1-35-20-11-17(12-21(14-20)36-2)24-15-26(28(37-3)23-6-4-5-22(23)24)25-13-18(33-10-9-19(34)16-33)7-8-27(25)29(30,31)32/h7-8,11-15,19,34H,4-6,9-10,16H2,1-3H3/t19-/m0/s1. The minimum Gasteiger partial charge on any atom is -0.497 e. The summed E-state index contributed by atoms with van der Waals surface area (Å²) in [5.74, 6) is 1.68. The molecule has 1 fully saturated rings. The summed E-state index contributed by atoms with van der Waals surface area (Å²) in [6.45, 7) is 0.975. The highest BCUT2D eigenvalue weighted by atomic mass is 19.4. The summed E-state index contributed by atoms with van der Waals surface area (Å²) in [7, 11) is 4.65. The number of benzene rings is 3. The number of hydrogen-bond donors (Lipinski definition) is 1. The Morgan fingerprint density at radius 3 is 2.14 bits per heavy atom. The minimum atomic E-state index is -4.55.